The maximum absolute atomic E-state index is 11.8. The van der Waals surface area contributed by atoms with E-state index in [0.717, 1.165) is 42.4 Å². The van der Waals surface area contributed by atoms with E-state index in [0.29, 0.717) is 11.2 Å². The SMILES string of the molecule is C/C=C1\CCC2C3CC[C@@H]4CC(=O)CC[C@@H]4C3CC[C@]12C. The Balaban J connectivity index is 1.59. The van der Waals surface area contributed by atoms with Gasteiger partial charge in [-0.05, 0) is 86.9 Å². The zero-order valence-electron chi connectivity index (χ0n) is 13.7. The Morgan fingerprint density at radius 3 is 2.67 bits per heavy atom. The molecule has 0 aromatic carbocycles. The van der Waals surface area contributed by atoms with E-state index in [9.17, 15) is 4.79 Å². The summed E-state index contributed by atoms with van der Waals surface area (Å²) in [5, 5.41) is 0. The molecule has 0 N–H and O–H groups in total. The minimum atomic E-state index is 0.521. The number of allylic oxidation sites excluding steroid dienone is 2. The third kappa shape index (κ3) is 1.99. The predicted octanol–water partition coefficient (Wildman–Crippen LogP) is 5.15. The van der Waals surface area contributed by atoms with Gasteiger partial charge in [0.05, 0.1) is 0 Å². The van der Waals surface area contributed by atoms with E-state index in [1.807, 2.05) is 0 Å². The Hall–Kier alpha value is -0.590. The van der Waals surface area contributed by atoms with Crippen molar-refractivity contribution in [2.24, 2.45) is 35.0 Å². The summed E-state index contributed by atoms with van der Waals surface area (Å²) in [4.78, 5) is 11.8. The van der Waals surface area contributed by atoms with Gasteiger partial charge in [-0.15, -0.1) is 0 Å². The second-order valence-corrected chi connectivity index (χ2v) is 8.53. The van der Waals surface area contributed by atoms with Crippen molar-refractivity contribution in [2.75, 3.05) is 0 Å². The summed E-state index contributed by atoms with van der Waals surface area (Å²) < 4.78 is 0. The van der Waals surface area contributed by atoms with Gasteiger partial charge in [0.2, 0.25) is 0 Å². The van der Waals surface area contributed by atoms with Gasteiger partial charge < -0.3 is 0 Å². The molecule has 0 bridgehead atoms. The van der Waals surface area contributed by atoms with Gasteiger partial charge in [0, 0.05) is 12.8 Å². The quantitative estimate of drug-likeness (QED) is 0.562. The fourth-order valence-corrected chi connectivity index (χ4v) is 6.98. The molecule has 0 radical (unpaired) electrons. The molecule has 21 heavy (non-hydrogen) atoms. The van der Waals surface area contributed by atoms with Gasteiger partial charge in [-0.2, -0.15) is 0 Å². The number of hydrogen-bond acceptors (Lipinski definition) is 1. The van der Waals surface area contributed by atoms with Crippen LogP contribution >= 0.6 is 0 Å². The van der Waals surface area contributed by atoms with Crippen LogP contribution in [0.4, 0.5) is 0 Å². The van der Waals surface area contributed by atoms with E-state index in [1.165, 1.54) is 44.9 Å². The maximum Gasteiger partial charge on any atom is 0.133 e. The fraction of sp³-hybridized carbons (Fsp3) is 0.850. The number of ketones is 1. The second-order valence-electron chi connectivity index (χ2n) is 8.53. The smallest absolute Gasteiger partial charge is 0.133 e. The molecule has 0 heterocycles. The predicted molar refractivity (Wildman–Crippen MR) is 85.9 cm³/mol. The van der Waals surface area contributed by atoms with Crippen molar-refractivity contribution in [3.8, 4) is 0 Å². The Morgan fingerprint density at radius 2 is 1.86 bits per heavy atom. The lowest BCUT2D eigenvalue weighted by Crippen LogP contribution is -2.47. The average Bonchev–Trinajstić information content (AvgIpc) is 2.83. The van der Waals surface area contributed by atoms with Crippen molar-refractivity contribution in [2.45, 2.75) is 71.6 Å². The molecule has 1 nitrogen and oxygen atoms in total. The van der Waals surface area contributed by atoms with Crippen molar-refractivity contribution in [3.05, 3.63) is 11.6 Å². The van der Waals surface area contributed by atoms with Crippen LogP contribution in [-0.4, -0.2) is 5.78 Å². The van der Waals surface area contributed by atoms with E-state index in [1.54, 1.807) is 5.57 Å². The summed E-state index contributed by atoms with van der Waals surface area (Å²) in [5.74, 6) is 5.05. The van der Waals surface area contributed by atoms with Crippen LogP contribution in [0.25, 0.3) is 0 Å². The highest BCUT2D eigenvalue weighted by atomic mass is 16.1. The van der Waals surface area contributed by atoms with E-state index in [4.69, 9.17) is 0 Å². The second kappa shape index (κ2) is 4.96. The standard InChI is InChI=1S/C20H30O/c1-3-14-5-9-19-18-7-4-13-12-15(21)6-8-16(13)17(18)10-11-20(14,19)2/h3,13,16-19H,4-12H2,1-2H3/b14-3+/t13-,16+,17?,18?,19?,20-/m1/s1. The molecule has 6 atom stereocenters. The molecule has 0 aliphatic heterocycles. The monoisotopic (exact) mass is 286 g/mol. The number of rotatable bonds is 0. The van der Waals surface area contributed by atoms with Crippen LogP contribution in [0.5, 0.6) is 0 Å². The molecule has 4 rings (SSSR count). The Kier molecular flexibility index (Phi) is 3.32. The lowest BCUT2D eigenvalue weighted by atomic mass is 9.50. The van der Waals surface area contributed by atoms with Crippen LogP contribution in [0.2, 0.25) is 0 Å². The first-order valence-electron chi connectivity index (χ1n) is 9.31. The highest BCUT2D eigenvalue weighted by Gasteiger charge is 2.54. The highest BCUT2D eigenvalue weighted by Crippen LogP contribution is 2.63. The summed E-state index contributed by atoms with van der Waals surface area (Å²) in [6, 6.07) is 0. The first kappa shape index (κ1) is 14.0. The lowest BCUT2D eigenvalue weighted by Gasteiger charge is -2.54. The molecular formula is C20H30O. The van der Waals surface area contributed by atoms with Gasteiger partial charge in [0.1, 0.15) is 5.78 Å². The molecule has 4 aliphatic rings. The minimum Gasteiger partial charge on any atom is -0.300 e. The van der Waals surface area contributed by atoms with E-state index in [2.05, 4.69) is 19.9 Å². The van der Waals surface area contributed by atoms with Crippen LogP contribution in [-0.2, 0) is 4.79 Å². The molecule has 0 aromatic rings. The Bertz CT molecular complexity index is 476. The molecule has 4 fully saturated rings. The summed E-state index contributed by atoms with van der Waals surface area (Å²) in [6.45, 7) is 4.81. The van der Waals surface area contributed by atoms with Gasteiger partial charge >= 0.3 is 0 Å². The normalized spacial score (nSPS) is 51.4. The first-order valence-corrected chi connectivity index (χ1v) is 9.31. The number of Topliss-reactive ketones (excluding diaryl/α,β-unsaturated/α-hetero) is 1. The van der Waals surface area contributed by atoms with Crippen LogP contribution in [0.15, 0.2) is 11.6 Å². The zero-order valence-corrected chi connectivity index (χ0v) is 13.7. The first-order chi connectivity index (χ1) is 10.1. The van der Waals surface area contributed by atoms with E-state index >= 15 is 0 Å². The molecule has 4 aliphatic carbocycles. The van der Waals surface area contributed by atoms with Crippen molar-refractivity contribution in [1.29, 1.82) is 0 Å². The third-order valence-corrected chi connectivity index (χ3v) is 7.96. The van der Waals surface area contributed by atoms with Crippen LogP contribution in [0.3, 0.4) is 0 Å². The largest absolute Gasteiger partial charge is 0.300 e. The molecular weight excluding hydrogens is 256 g/mol. The molecule has 0 spiro atoms. The average molecular weight is 286 g/mol. The summed E-state index contributed by atoms with van der Waals surface area (Å²) >= 11 is 0. The molecule has 0 amide bonds. The molecule has 0 aromatic heterocycles. The third-order valence-electron chi connectivity index (χ3n) is 7.96. The summed E-state index contributed by atoms with van der Waals surface area (Å²) in [7, 11) is 0. The number of fused-ring (bicyclic) bond motifs is 5. The topological polar surface area (TPSA) is 17.1 Å². The van der Waals surface area contributed by atoms with Crippen molar-refractivity contribution < 1.29 is 4.79 Å². The molecule has 0 saturated heterocycles. The maximum atomic E-state index is 11.8. The summed E-state index contributed by atoms with van der Waals surface area (Å²) in [6.07, 6.45) is 13.8. The van der Waals surface area contributed by atoms with Crippen molar-refractivity contribution in [3.63, 3.8) is 0 Å². The van der Waals surface area contributed by atoms with Gasteiger partial charge in [0.15, 0.2) is 0 Å². The minimum absolute atomic E-state index is 0.521. The molecule has 116 valence electrons. The fourth-order valence-electron chi connectivity index (χ4n) is 6.98. The lowest BCUT2D eigenvalue weighted by molar-refractivity contribution is -0.126. The van der Waals surface area contributed by atoms with Gasteiger partial charge in [0.25, 0.3) is 0 Å². The van der Waals surface area contributed by atoms with Gasteiger partial charge in [-0.3, -0.25) is 4.79 Å². The van der Waals surface area contributed by atoms with Crippen LogP contribution in [0, 0.1) is 35.0 Å². The number of carbonyl (C=O) groups is 1. The number of hydrogen-bond donors (Lipinski definition) is 0. The number of carbonyl (C=O) groups excluding carboxylic acids is 1. The van der Waals surface area contributed by atoms with Crippen LogP contribution in [0.1, 0.15) is 71.6 Å². The summed E-state index contributed by atoms with van der Waals surface area (Å²) in [5.41, 5.74) is 2.28. The van der Waals surface area contributed by atoms with Crippen molar-refractivity contribution in [1.82, 2.24) is 0 Å². The van der Waals surface area contributed by atoms with Gasteiger partial charge in [-0.25, -0.2) is 0 Å². The molecule has 4 saturated carbocycles. The van der Waals surface area contributed by atoms with E-state index < -0.39 is 0 Å². The van der Waals surface area contributed by atoms with Crippen LogP contribution < -0.4 is 0 Å². The van der Waals surface area contributed by atoms with Crippen molar-refractivity contribution >= 4 is 5.78 Å². The van der Waals surface area contributed by atoms with Gasteiger partial charge in [-0.1, -0.05) is 18.6 Å². The van der Waals surface area contributed by atoms with E-state index in [-0.39, 0.29) is 0 Å². The Morgan fingerprint density at radius 1 is 1.00 bits per heavy atom. The molecule has 1 heteroatoms. The zero-order chi connectivity index (χ0) is 14.6. The highest BCUT2D eigenvalue weighted by molar-refractivity contribution is 5.79. The Labute approximate surface area is 129 Å². The molecule has 3 unspecified atom stereocenters.